The summed E-state index contributed by atoms with van der Waals surface area (Å²) in [5, 5.41) is 18.4. The molecule has 1 unspecified atom stereocenters. The van der Waals surface area contributed by atoms with E-state index in [-0.39, 0.29) is 5.56 Å². The number of benzene rings is 1. The molecule has 2 rings (SSSR count). The third-order valence-corrected chi connectivity index (χ3v) is 3.43. The molecule has 1 aromatic heterocycles. The minimum absolute atomic E-state index is 0.0942. The number of nitrogens with zero attached hydrogens (tertiary/aromatic N) is 2. The highest BCUT2D eigenvalue weighted by Crippen LogP contribution is 2.19. The van der Waals surface area contributed by atoms with Crippen LogP contribution in [0.25, 0.3) is 0 Å². The van der Waals surface area contributed by atoms with Crippen molar-refractivity contribution in [2.45, 2.75) is 19.4 Å². The lowest BCUT2D eigenvalue weighted by Gasteiger charge is -2.17. The lowest BCUT2D eigenvalue weighted by atomic mass is 10.1. The first-order valence-corrected chi connectivity index (χ1v) is 7.21. The molecule has 0 spiro atoms. The van der Waals surface area contributed by atoms with Gasteiger partial charge < -0.3 is 10.4 Å². The van der Waals surface area contributed by atoms with E-state index in [0.717, 1.165) is 17.8 Å². The van der Waals surface area contributed by atoms with Crippen LogP contribution in [-0.4, -0.2) is 27.5 Å². The Hall–Kier alpha value is -2.55. The van der Waals surface area contributed by atoms with Gasteiger partial charge in [0.1, 0.15) is 5.82 Å². The summed E-state index contributed by atoms with van der Waals surface area (Å²) in [5.74, 6) is -3.99. The van der Waals surface area contributed by atoms with Gasteiger partial charge in [0.05, 0.1) is 18.3 Å². The molecule has 9 heteroatoms. The zero-order valence-corrected chi connectivity index (χ0v) is 13.1. The number of rotatable bonds is 5. The molecule has 0 bridgehead atoms. The number of aryl methyl sites for hydroxylation is 2. The van der Waals surface area contributed by atoms with Crippen LogP contribution in [-0.2, 0) is 13.5 Å². The van der Waals surface area contributed by atoms with Crippen LogP contribution in [0.3, 0.4) is 0 Å². The molecule has 0 radical (unpaired) electrons. The Morgan fingerprint density at radius 3 is 2.42 bits per heavy atom. The van der Waals surface area contributed by atoms with Gasteiger partial charge in [0.25, 0.3) is 0 Å². The zero-order valence-electron chi connectivity index (χ0n) is 13.1. The molecular formula is C15H17F3N4O2. The van der Waals surface area contributed by atoms with Gasteiger partial charge in [-0.05, 0) is 24.1 Å². The van der Waals surface area contributed by atoms with Gasteiger partial charge in [-0.1, -0.05) is 6.92 Å². The molecule has 1 aromatic carbocycles. The van der Waals surface area contributed by atoms with Crippen molar-refractivity contribution in [3.05, 3.63) is 46.9 Å². The molecule has 1 heterocycles. The van der Waals surface area contributed by atoms with Gasteiger partial charge in [0.15, 0.2) is 17.5 Å². The molecule has 24 heavy (non-hydrogen) atoms. The number of hydrogen-bond donors (Lipinski definition) is 3. The Morgan fingerprint density at radius 2 is 1.92 bits per heavy atom. The van der Waals surface area contributed by atoms with E-state index in [9.17, 15) is 23.1 Å². The number of aliphatic hydroxyl groups is 1. The van der Waals surface area contributed by atoms with Gasteiger partial charge in [0, 0.05) is 13.1 Å². The van der Waals surface area contributed by atoms with Crippen molar-refractivity contribution in [3.8, 4) is 0 Å². The van der Waals surface area contributed by atoms with Crippen LogP contribution in [0.2, 0.25) is 0 Å². The van der Waals surface area contributed by atoms with Gasteiger partial charge in [-0.15, -0.1) is 0 Å². The Balaban J connectivity index is 2.12. The maximum absolute atomic E-state index is 13.3. The van der Waals surface area contributed by atoms with E-state index >= 15 is 0 Å². The summed E-state index contributed by atoms with van der Waals surface area (Å²) in [7, 11) is 1.64. The summed E-state index contributed by atoms with van der Waals surface area (Å²) in [6.07, 6.45) is 0.685. The molecule has 0 aliphatic rings. The summed E-state index contributed by atoms with van der Waals surface area (Å²) >= 11 is 0. The molecule has 0 aliphatic heterocycles. The third kappa shape index (κ3) is 3.85. The maximum atomic E-state index is 13.3. The lowest BCUT2D eigenvalue weighted by molar-refractivity contribution is 0.225. The number of nitrogens with one attached hydrogen (secondary N) is 2. The molecule has 3 N–H and O–H groups in total. The molecule has 0 saturated carbocycles. The monoisotopic (exact) mass is 342 g/mol. The smallest absolute Gasteiger partial charge is 0.320 e. The largest absolute Gasteiger partial charge is 0.394 e. The Kier molecular flexibility index (Phi) is 5.45. The van der Waals surface area contributed by atoms with E-state index in [1.807, 2.05) is 6.92 Å². The van der Waals surface area contributed by atoms with Crippen molar-refractivity contribution < 1.29 is 23.1 Å². The van der Waals surface area contributed by atoms with Crippen molar-refractivity contribution in [1.82, 2.24) is 15.1 Å². The lowest BCUT2D eigenvalue weighted by Crippen LogP contribution is -2.35. The maximum Gasteiger partial charge on any atom is 0.320 e. The number of amides is 2. The first-order valence-electron chi connectivity index (χ1n) is 7.21. The molecule has 0 aliphatic carbocycles. The van der Waals surface area contributed by atoms with Crippen LogP contribution in [0.5, 0.6) is 0 Å². The molecule has 130 valence electrons. The van der Waals surface area contributed by atoms with Gasteiger partial charge >= 0.3 is 6.03 Å². The second kappa shape index (κ2) is 7.35. The van der Waals surface area contributed by atoms with E-state index in [0.29, 0.717) is 12.2 Å². The first kappa shape index (κ1) is 17.8. The minimum atomic E-state index is -1.61. The number of carbonyl (C=O) groups excluding carboxylic acids is 1. The van der Waals surface area contributed by atoms with E-state index in [1.54, 1.807) is 13.1 Å². The van der Waals surface area contributed by atoms with Crippen molar-refractivity contribution in [1.29, 1.82) is 0 Å². The summed E-state index contributed by atoms with van der Waals surface area (Å²) in [6.45, 7) is 1.29. The van der Waals surface area contributed by atoms with E-state index in [4.69, 9.17) is 0 Å². The Labute approximate surface area is 136 Å². The quantitative estimate of drug-likeness (QED) is 0.729. The molecule has 0 saturated heterocycles. The summed E-state index contributed by atoms with van der Waals surface area (Å²) in [6, 6.07) is 1.31. The molecule has 2 amide bonds. The van der Waals surface area contributed by atoms with Crippen LogP contribution in [0, 0.1) is 17.5 Å². The topological polar surface area (TPSA) is 79.2 Å². The number of anilines is 1. The normalized spacial score (nSPS) is 12.1. The van der Waals surface area contributed by atoms with Gasteiger partial charge in [0.2, 0.25) is 0 Å². The zero-order chi connectivity index (χ0) is 17.9. The Bertz CT molecular complexity index is 725. The van der Waals surface area contributed by atoms with Crippen LogP contribution in [0.1, 0.15) is 24.2 Å². The van der Waals surface area contributed by atoms with Crippen LogP contribution < -0.4 is 10.6 Å². The number of aromatic nitrogens is 2. The molecule has 2 aromatic rings. The van der Waals surface area contributed by atoms with Crippen molar-refractivity contribution >= 4 is 11.8 Å². The van der Waals surface area contributed by atoms with Crippen LogP contribution >= 0.6 is 0 Å². The SMILES string of the molecule is CCc1cc(NC(=O)NC(CO)c2cc(F)c(F)c(F)c2)n(C)n1. The average molecular weight is 342 g/mol. The Morgan fingerprint density at radius 1 is 1.29 bits per heavy atom. The predicted molar refractivity (Wildman–Crippen MR) is 80.9 cm³/mol. The fourth-order valence-corrected chi connectivity index (χ4v) is 2.14. The molecule has 0 fully saturated rings. The van der Waals surface area contributed by atoms with Crippen molar-refractivity contribution in [3.63, 3.8) is 0 Å². The molecule has 1 atom stereocenters. The fraction of sp³-hybridized carbons (Fsp3) is 0.333. The van der Waals surface area contributed by atoms with Crippen LogP contribution in [0.15, 0.2) is 18.2 Å². The summed E-state index contributed by atoms with van der Waals surface area (Å²) in [4.78, 5) is 12.0. The fourth-order valence-electron chi connectivity index (χ4n) is 2.14. The van der Waals surface area contributed by atoms with E-state index < -0.39 is 36.1 Å². The number of carbonyl (C=O) groups is 1. The molecule has 6 nitrogen and oxygen atoms in total. The van der Waals surface area contributed by atoms with Gasteiger partial charge in [-0.25, -0.2) is 18.0 Å². The first-order chi connectivity index (χ1) is 11.3. The standard InChI is InChI=1S/C15H17F3N4O2/c1-3-9-6-13(22(2)21-9)20-15(24)19-12(7-23)8-4-10(16)14(18)11(17)5-8/h4-6,12,23H,3,7H2,1-2H3,(H2,19,20,24). The summed E-state index contributed by atoms with van der Waals surface area (Å²) < 4.78 is 41.0. The van der Waals surface area contributed by atoms with Crippen molar-refractivity contribution in [2.24, 2.45) is 7.05 Å². The van der Waals surface area contributed by atoms with Gasteiger partial charge in [-0.3, -0.25) is 10.00 Å². The number of urea groups is 1. The number of aliphatic hydroxyl groups excluding tert-OH is 1. The second-order valence-corrected chi connectivity index (χ2v) is 5.13. The number of hydrogen-bond acceptors (Lipinski definition) is 3. The highest BCUT2D eigenvalue weighted by molar-refractivity contribution is 5.88. The predicted octanol–water partition coefficient (Wildman–Crippen LogP) is 2.25. The second-order valence-electron chi connectivity index (χ2n) is 5.13. The number of halogens is 3. The minimum Gasteiger partial charge on any atom is -0.394 e. The molecular weight excluding hydrogens is 325 g/mol. The third-order valence-electron chi connectivity index (χ3n) is 3.43. The van der Waals surface area contributed by atoms with E-state index in [1.165, 1.54) is 4.68 Å². The van der Waals surface area contributed by atoms with Gasteiger partial charge in [-0.2, -0.15) is 5.10 Å². The highest BCUT2D eigenvalue weighted by Gasteiger charge is 2.19. The van der Waals surface area contributed by atoms with Crippen LogP contribution in [0.4, 0.5) is 23.8 Å². The summed E-state index contributed by atoms with van der Waals surface area (Å²) in [5.41, 5.74) is 0.678. The average Bonchev–Trinajstić information content (AvgIpc) is 2.89. The highest BCUT2D eigenvalue weighted by atomic mass is 19.2. The van der Waals surface area contributed by atoms with E-state index in [2.05, 4.69) is 15.7 Å². The van der Waals surface area contributed by atoms with Crippen molar-refractivity contribution in [2.75, 3.05) is 11.9 Å².